The summed E-state index contributed by atoms with van der Waals surface area (Å²) in [5, 5.41) is 8.19. The van der Waals surface area contributed by atoms with Gasteiger partial charge in [-0.15, -0.1) is 16.4 Å². The molecule has 0 bridgehead atoms. The maximum Gasteiger partial charge on any atom is 0.417 e. The summed E-state index contributed by atoms with van der Waals surface area (Å²) < 4.78 is 53.8. The van der Waals surface area contributed by atoms with E-state index in [1.165, 1.54) is 40.1 Å². The van der Waals surface area contributed by atoms with Crippen LogP contribution in [0.2, 0.25) is 0 Å². The van der Waals surface area contributed by atoms with Gasteiger partial charge < -0.3 is 0 Å². The zero-order valence-electron chi connectivity index (χ0n) is 13.9. The molecule has 0 unspecified atom stereocenters. The molecule has 0 spiro atoms. The molecular formula is C18H10F4N4OS. The fourth-order valence-corrected chi connectivity index (χ4v) is 3.48. The number of hydrogen-bond acceptors (Lipinski definition) is 4. The lowest BCUT2D eigenvalue weighted by molar-refractivity contribution is -0.137. The smallest absolute Gasteiger partial charge is 0.289 e. The summed E-state index contributed by atoms with van der Waals surface area (Å²) in [6.07, 6.45) is -4.66. The first kappa shape index (κ1) is 18.1. The van der Waals surface area contributed by atoms with Crippen molar-refractivity contribution in [3.05, 3.63) is 70.9 Å². The van der Waals surface area contributed by atoms with Gasteiger partial charge in [0.05, 0.1) is 16.8 Å². The number of alkyl halides is 3. The van der Waals surface area contributed by atoms with Crippen molar-refractivity contribution in [3.8, 4) is 11.3 Å². The van der Waals surface area contributed by atoms with Crippen LogP contribution in [0, 0.1) is 5.82 Å². The van der Waals surface area contributed by atoms with Gasteiger partial charge in [-0.05, 0) is 36.4 Å². The molecule has 0 fully saturated rings. The maximum absolute atomic E-state index is 13.1. The molecule has 0 aliphatic heterocycles. The van der Waals surface area contributed by atoms with Crippen LogP contribution in [0.5, 0.6) is 0 Å². The van der Waals surface area contributed by atoms with Crippen molar-refractivity contribution in [3.63, 3.8) is 0 Å². The number of aromatic nitrogens is 3. The van der Waals surface area contributed by atoms with Crippen molar-refractivity contribution in [2.45, 2.75) is 6.18 Å². The number of carbonyl (C=O) groups is 1. The van der Waals surface area contributed by atoms with Crippen LogP contribution in [0.15, 0.2) is 53.9 Å². The molecule has 2 aromatic heterocycles. The van der Waals surface area contributed by atoms with Gasteiger partial charge in [0.15, 0.2) is 0 Å². The molecule has 142 valence electrons. The van der Waals surface area contributed by atoms with Crippen molar-refractivity contribution in [1.82, 2.24) is 14.6 Å². The number of benzene rings is 2. The number of halogens is 4. The fourth-order valence-electron chi connectivity index (χ4n) is 2.65. The Balaban J connectivity index is 1.65. The van der Waals surface area contributed by atoms with E-state index < -0.39 is 23.2 Å². The van der Waals surface area contributed by atoms with Crippen LogP contribution >= 0.6 is 11.3 Å². The van der Waals surface area contributed by atoms with Crippen LogP contribution in [0.25, 0.3) is 16.2 Å². The first-order valence-electron chi connectivity index (χ1n) is 7.91. The molecule has 4 rings (SSSR count). The fraction of sp³-hybridized carbons (Fsp3) is 0.0556. The molecule has 0 saturated carbocycles. The highest BCUT2D eigenvalue weighted by atomic mass is 32.1. The highest BCUT2D eigenvalue weighted by Gasteiger charge is 2.35. The molecule has 1 amide bonds. The number of amides is 1. The first-order chi connectivity index (χ1) is 13.3. The average Bonchev–Trinajstić information content (AvgIpc) is 3.22. The Morgan fingerprint density at radius 3 is 2.50 bits per heavy atom. The molecule has 0 atom stereocenters. The van der Waals surface area contributed by atoms with E-state index in [0.29, 0.717) is 16.2 Å². The largest absolute Gasteiger partial charge is 0.417 e. The van der Waals surface area contributed by atoms with Crippen LogP contribution in [-0.2, 0) is 6.18 Å². The number of nitrogens with one attached hydrogen (secondary N) is 1. The van der Waals surface area contributed by atoms with Gasteiger partial charge in [-0.25, -0.2) is 8.91 Å². The van der Waals surface area contributed by atoms with Gasteiger partial charge >= 0.3 is 6.18 Å². The second-order valence-corrected chi connectivity index (χ2v) is 6.59. The number of rotatable bonds is 3. The minimum atomic E-state index is -4.66. The number of carbonyl (C=O) groups excluding carboxylic acids is 1. The normalized spacial score (nSPS) is 11.7. The molecule has 0 aliphatic rings. The number of hydrogen-bond donors (Lipinski definition) is 1. The van der Waals surface area contributed by atoms with Gasteiger partial charge in [0.2, 0.25) is 4.96 Å². The minimum Gasteiger partial charge on any atom is -0.289 e. The Morgan fingerprint density at radius 1 is 1.07 bits per heavy atom. The van der Waals surface area contributed by atoms with E-state index in [0.717, 1.165) is 12.1 Å². The molecule has 0 saturated heterocycles. The Morgan fingerprint density at radius 2 is 1.79 bits per heavy atom. The second-order valence-electron chi connectivity index (χ2n) is 5.76. The highest BCUT2D eigenvalue weighted by molar-refractivity contribution is 7.15. The molecule has 28 heavy (non-hydrogen) atoms. The summed E-state index contributed by atoms with van der Waals surface area (Å²) in [6.45, 7) is 0. The molecule has 10 heteroatoms. The lowest BCUT2D eigenvalue weighted by Crippen LogP contribution is -2.19. The summed E-state index contributed by atoms with van der Waals surface area (Å²) in [6, 6.07) is 10.2. The maximum atomic E-state index is 13.1. The second kappa shape index (κ2) is 6.71. The number of nitrogens with zero attached hydrogens (tertiary/aromatic N) is 3. The van der Waals surface area contributed by atoms with E-state index >= 15 is 0 Å². The summed E-state index contributed by atoms with van der Waals surface area (Å²) in [7, 11) is 0. The number of fused-ring (bicyclic) bond motifs is 1. The lowest BCUT2D eigenvalue weighted by atomic mass is 10.1. The third kappa shape index (κ3) is 3.33. The van der Waals surface area contributed by atoms with Crippen molar-refractivity contribution >= 4 is 28.2 Å². The van der Waals surface area contributed by atoms with Crippen LogP contribution in [0.4, 0.5) is 23.5 Å². The third-order valence-electron chi connectivity index (χ3n) is 3.92. The van der Waals surface area contributed by atoms with Gasteiger partial charge in [0.1, 0.15) is 5.82 Å². The Labute approximate surface area is 159 Å². The molecule has 0 aliphatic carbocycles. The molecule has 2 aromatic carbocycles. The van der Waals surface area contributed by atoms with Crippen molar-refractivity contribution < 1.29 is 22.4 Å². The SMILES string of the molecule is O=C(Nc1nc2scc(-c3ccc(F)cc3)n2n1)c1ccccc1C(F)(F)F. The molecule has 0 radical (unpaired) electrons. The van der Waals surface area contributed by atoms with Crippen molar-refractivity contribution in [2.75, 3.05) is 5.32 Å². The highest BCUT2D eigenvalue weighted by Crippen LogP contribution is 2.32. The molecule has 1 N–H and O–H groups in total. The predicted molar refractivity (Wildman–Crippen MR) is 95.7 cm³/mol. The van der Waals surface area contributed by atoms with Crippen LogP contribution in [0.1, 0.15) is 15.9 Å². The first-order valence-corrected chi connectivity index (χ1v) is 8.78. The standard InChI is InChI=1S/C18H10F4N4OS/c19-11-7-5-10(6-8-11)14-9-28-17-24-16(25-26(14)17)23-15(27)12-3-1-2-4-13(12)18(20,21)22/h1-9H,(H,23,25,27). The van der Waals surface area contributed by atoms with E-state index in [9.17, 15) is 22.4 Å². The molecule has 2 heterocycles. The zero-order valence-corrected chi connectivity index (χ0v) is 14.7. The van der Waals surface area contributed by atoms with Gasteiger partial charge in [-0.3, -0.25) is 10.1 Å². The van der Waals surface area contributed by atoms with E-state index in [1.54, 1.807) is 17.5 Å². The minimum absolute atomic E-state index is 0.128. The summed E-state index contributed by atoms with van der Waals surface area (Å²) >= 11 is 1.23. The monoisotopic (exact) mass is 406 g/mol. The topological polar surface area (TPSA) is 59.3 Å². The predicted octanol–water partition coefficient (Wildman–Crippen LogP) is 4.87. The summed E-state index contributed by atoms with van der Waals surface area (Å²) in [5.74, 6) is -1.48. The van der Waals surface area contributed by atoms with E-state index in [1.807, 2.05) is 0 Å². The average molecular weight is 406 g/mol. The van der Waals surface area contributed by atoms with E-state index in [2.05, 4.69) is 15.4 Å². The van der Waals surface area contributed by atoms with E-state index in [-0.39, 0.29) is 11.8 Å². The quantitative estimate of drug-likeness (QED) is 0.494. The van der Waals surface area contributed by atoms with Crippen LogP contribution in [-0.4, -0.2) is 20.5 Å². The van der Waals surface area contributed by atoms with Crippen LogP contribution < -0.4 is 5.32 Å². The number of thiazole rings is 1. The third-order valence-corrected chi connectivity index (χ3v) is 4.74. The van der Waals surface area contributed by atoms with Crippen LogP contribution in [0.3, 0.4) is 0 Å². The Bertz CT molecular complexity index is 1160. The van der Waals surface area contributed by atoms with Gasteiger partial charge in [-0.1, -0.05) is 12.1 Å². The van der Waals surface area contributed by atoms with Gasteiger partial charge in [-0.2, -0.15) is 18.2 Å². The van der Waals surface area contributed by atoms with Gasteiger partial charge in [0.25, 0.3) is 11.9 Å². The van der Waals surface area contributed by atoms with Crippen molar-refractivity contribution in [2.24, 2.45) is 0 Å². The number of anilines is 1. The molecule has 5 nitrogen and oxygen atoms in total. The van der Waals surface area contributed by atoms with Crippen molar-refractivity contribution in [1.29, 1.82) is 0 Å². The Kier molecular flexibility index (Phi) is 4.34. The molecule has 4 aromatic rings. The lowest BCUT2D eigenvalue weighted by Gasteiger charge is -2.11. The van der Waals surface area contributed by atoms with Gasteiger partial charge in [0, 0.05) is 10.9 Å². The zero-order chi connectivity index (χ0) is 19.9. The van der Waals surface area contributed by atoms with E-state index in [4.69, 9.17) is 0 Å². The summed E-state index contributed by atoms with van der Waals surface area (Å²) in [5.41, 5.74) is -0.269. The summed E-state index contributed by atoms with van der Waals surface area (Å²) in [4.78, 5) is 16.9. The molecular weight excluding hydrogens is 396 g/mol. The Hall–Kier alpha value is -3.27.